The number of sulfone groups is 1. The lowest BCUT2D eigenvalue weighted by atomic mass is 9.95. The van der Waals surface area contributed by atoms with Gasteiger partial charge in [0.1, 0.15) is 5.82 Å². The normalized spacial score (nSPS) is 14.9. The van der Waals surface area contributed by atoms with Gasteiger partial charge in [0.25, 0.3) is 0 Å². The lowest BCUT2D eigenvalue weighted by Crippen LogP contribution is -2.43. The molecular weight excluding hydrogens is 431 g/mol. The quantitative estimate of drug-likeness (QED) is 0.688. The van der Waals surface area contributed by atoms with E-state index in [9.17, 15) is 22.4 Å². The summed E-state index contributed by atoms with van der Waals surface area (Å²) >= 11 is 0. The van der Waals surface area contributed by atoms with Crippen LogP contribution < -0.4 is 5.32 Å². The molecule has 2 amide bonds. The van der Waals surface area contributed by atoms with Crippen molar-refractivity contribution < 1.29 is 22.4 Å². The van der Waals surface area contributed by atoms with Crippen molar-refractivity contribution in [3.8, 4) is 0 Å². The van der Waals surface area contributed by atoms with E-state index in [1.54, 1.807) is 48.2 Å². The lowest BCUT2D eigenvalue weighted by molar-refractivity contribution is -0.135. The van der Waals surface area contributed by atoms with Crippen LogP contribution in [-0.4, -0.2) is 44.0 Å². The van der Waals surface area contributed by atoms with Gasteiger partial charge in [-0.3, -0.25) is 9.59 Å². The Morgan fingerprint density at radius 3 is 2.34 bits per heavy atom. The standard InChI is InChI=1S/C24H29FN2O4S/c1-17-3-7-21(8-4-17)32(30,31)14-11-23(28)27-12-9-20(10-13-27)24(29)26-16-19-6-5-18(2)22(25)15-19/h3-8,15,20H,9-14,16H2,1-2H3,(H,26,29). The number of benzene rings is 2. The number of nitrogens with zero attached hydrogens (tertiary/aromatic N) is 1. The minimum Gasteiger partial charge on any atom is -0.352 e. The zero-order chi connectivity index (χ0) is 23.3. The van der Waals surface area contributed by atoms with Crippen LogP contribution in [0.2, 0.25) is 0 Å². The molecule has 0 bridgehead atoms. The summed E-state index contributed by atoms with van der Waals surface area (Å²) in [6.07, 6.45) is 0.959. The summed E-state index contributed by atoms with van der Waals surface area (Å²) in [6, 6.07) is 11.5. The molecule has 0 aliphatic carbocycles. The fraction of sp³-hybridized carbons (Fsp3) is 0.417. The molecule has 1 N–H and O–H groups in total. The number of carbonyl (C=O) groups excluding carboxylic acids is 2. The van der Waals surface area contributed by atoms with E-state index in [0.717, 1.165) is 5.56 Å². The van der Waals surface area contributed by atoms with Gasteiger partial charge < -0.3 is 10.2 Å². The third-order valence-electron chi connectivity index (χ3n) is 5.89. The molecule has 1 aliphatic heterocycles. The summed E-state index contributed by atoms with van der Waals surface area (Å²) in [7, 11) is -3.51. The number of hydrogen-bond acceptors (Lipinski definition) is 4. The summed E-state index contributed by atoms with van der Waals surface area (Å²) in [6.45, 7) is 4.66. The number of hydrogen-bond donors (Lipinski definition) is 1. The van der Waals surface area contributed by atoms with Crippen LogP contribution in [0.15, 0.2) is 47.4 Å². The molecule has 2 aromatic rings. The summed E-state index contributed by atoms with van der Waals surface area (Å²) in [5, 5.41) is 2.84. The van der Waals surface area contributed by atoms with Gasteiger partial charge in [0.15, 0.2) is 9.84 Å². The molecule has 1 heterocycles. The van der Waals surface area contributed by atoms with E-state index >= 15 is 0 Å². The zero-order valence-electron chi connectivity index (χ0n) is 18.4. The van der Waals surface area contributed by atoms with Crippen molar-refractivity contribution in [3.05, 3.63) is 65.0 Å². The van der Waals surface area contributed by atoms with E-state index in [2.05, 4.69) is 5.32 Å². The average Bonchev–Trinajstić information content (AvgIpc) is 2.78. The molecule has 1 fully saturated rings. The zero-order valence-corrected chi connectivity index (χ0v) is 19.3. The molecule has 172 valence electrons. The first kappa shape index (κ1) is 23.9. The maximum atomic E-state index is 13.6. The second-order valence-electron chi connectivity index (χ2n) is 8.34. The van der Waals surface area contributed by atoms with E-state index in [0.29, 0.717) is 37.1 Å². The molecule has 3 rings (SSSR count). The van der Waals surface area contributed by atoms with E-state index in [4.69, 9.17) is 0 Å². The number of piperidine rings is 1. The maximum absolute atomic E-state index is 13.6. The van der Waals surface area contributed by atoms with Gasteiger partial charge in [0.2, 0.25) is 11.8 Å². The van der Waals surface area contributed by atoms with Crippen LogP contribution in [0.25, 0.3) is 0 Å². The third-order valence-corrected chi connectivity index (χ3v) is 7.62. The fourth-order valence-corrected chi connectivity index (χ4v) is 4.94. The Labute approximate surface area is 188 Å². The van der Waals surface area contributed by atoms with Crippen molar-refractivity contribution in [2.75, 3.05) is 18.8 Å². The molecular formula is C24H29FN2O4S. The molecule has 1 aliphatic rings. The summed E-state index contributed by atoms with van der Waals surface area (Å²) in [4.78, 5) is 26.8. The van der Waals surface area contributed by atoms with Crippen LogP contribution in [0.1, 0.15) is 36.0 Å². The van der Waals surface area contributed by atoms with Crippen LogP contribution in [-0.2, 0) is 26.0 Å². The summed E-state index contributed by atoms with van der Waals surface area (Å²) < 4.78 is 38.5. The summed E-state index contributed by atoms with van der Waals surface area (Å²) in [5.41, 5.74) is 2.23. The second-order valence-corrected chi connectivity index (χ2v) is 10.4. The van der Waals surface area contributed by atoms with Gasteiger partial charge in [-0.2, -0.15) is 0 Å². The van der Waals surface area contributed by atoms with Crippen molar-refractivity contribution in [1.82, 2.24) is 10.2 Å². The predicted octanol–water partition coefficient (Wildman–Crippen LogP) is 3.16. The minimum absolute atomic E-state index is 0.0773. The van der Waals surface area contributed by atoms with Gasteiger partial charge >= 0.3 is 0 Å². The smallest absolute Gasteiger partial charge is 0.223 e. The predicted molar refractivity (Wildman–Crippen MR) is 120 cm³/mol. The molecule has 0 radical (unpaired) electrons. The van der Waals surface area contributed by atoms with E-state index in [1.807, 2.05) is 6.92 Å². The molecule has 0 atom stereocenters. The van der Waals surface area contributed by atoms with Gasteiger partial charge in [0, 0.05) is 32.0 Å². The number of likely N-dealkylation sites (tertiary alicyclic amines) is 1. The molecule has 0 saturated carbocycles. The Hall–Kier alpha value is -2.74. The molecule has 2 aromatic carbocycles. The Morgan fingerprint density at radius 1 is 1.06 bits per heavy atom. The second kappa shape index (κ2) is 10.3. The Morgan fingerprint density at radius 2 is 1.72 bits per heavy atom. The fourth-order valence-electron chi connectivity index (χ4n) is 3.71. The monoisotopic (exact) mass is 460 g/mol. The number of carbonyl (C=O) groups is 2. The first-order valence-corrected chi connectivity index (χ1v) is 12.4. The van der Waals surface area contributed by atoms with Gasteiger partial charge in [-0.1, -0.05) is 29.8 Å². The van der Waals surface area contributed by atoms with Crippen molar-refractivity contribution in [2.24, 2.45) is 5.92 Å². The number of rotatable bonds is 7. The average molecular weight is 461 g/mol. The van der Waals surface area contributed by atoms with Crippen LogP contribution in [0, 0.1) is 25.6 Å². The summed E-state index contributed by atoms with van der Waals surface area (Å²) in [5.74, 6) is -1.07. The van der Waals surface area contributed by atoms with Crippen molar-refractivity contribution >= 4 is 21.7 Å². The molecule has 0 unspecified atom stereocenters. The Kier molecular flexibility index (Phi) is 7.66. The van der Waals surface area contributed by atoms with Gasteiger partial charge in [-0.05, 0) is 56.0 Å². The molecule has 1 saturated heterocycles. The van der Waals surface area contributed by atoms with E-state index < -0.39 is 9.84 Å². The molecule has 8 heteroatoms. The van der Waals surface area contributed by atoms with Crippen LogP contribution in [0.5, 0.6) is 0 Å². The first-order valence-electron chi connectivity index (χ1n) is 10.8. The number of halogens is 1. The van der Waals surface area contributed by atoms with Crippen LogP contribution in [0.4, 0.5) is 4.39 Å². The van der Waals surface area contributed by atoms with Crippen LogP contribution >= 0.6 is 0 Å². The Bertz CT molecular complexity index is 1080. The highest BCUT2D eigenvalue weighted by molar-refractivity contribution is 7.91. The highest BCUT2D eigenvalue weighted by Crippen LogP contribution is 2.20. The van der Waals surface area contributed by atoms with Crippen molar-refractivity contribution in [1.29, 1.82) is 0 Å². The third kappa shape index (κ3) is 6.16. The highest BCUT2D eigenvalue weighted by Gasteiger charge is 2.28. The van der Waals surface area contributed by atoms with Gasteiger partial charge in [-0.15, -0.1) is 0 Å². The van der Waals surface area contributed by atoms with E-state index in [-0.39, 0.29) is 47.2 Å². The number of nitrogens with one attached hydrogen (secondary N) is 1. The maximum Gasteiger partial charge on any atom is 0.223 e. The topological polar surface area (TPSA) is 83.6 Å². The lowest BCUT2D eigenvalue weighted by Gasteiger charge is -2.31. The van der Waals surface area contributed by atoms with Crippen molar-refractivity contribution in [2.45, 2.75) is 44.6 Å². The van der Waals surface area contributed by atoms with E-state index in [1.165, 1.54) is 6.07 Å². The number of amides is 2. The molecule has 0 spiro atoms. The SMILES string of the molecule is Cc1ccc(S(=O)(=O)CCC(=O)N2CCC(C(=O)NCc3ccc(C)c(F)c3)CC2)cc1. The highest BCUT2D eigenvalue weighted by atomic mass is 32.2. The largest absolute Gasteiger partial charge is 0.352 e. The van der Waals surface area contributed by atoms with Gasteiger partial charge in [0.05, 0.1) is 10.6 Å². The number of aryl methyl sites for hydroxylation is 2. The van der Waals surface area contributed by atoms with Crippen LogP contribution in [0.3, 0.4) is 0 Å². The van der Waals surface area contributed by atoms with Crippen molar-refractivity contribution in [3.63, 3.8) is 0 Å². The Balaban J connectivity index is 1.44. The molecule has 6 nitrogen and oxygen atoms in total. The first-order chi connectivity index (χ1) is 15.2. The molecule has 0 aromatic heterocycles. The van der Waals surface area contributed by atoms with Gasteiger partial charge in [-0.25, -0.2) is 12.8 Å². The molecule has 32 heavy (non-hydrogen) atoms. The minimum atomic E-state index is -3.51.